The molecule has 1 atom stereocenters. The van der Waals surface area contributed by atoms with Crippen LogP contribution in [0.5, 0.6) is 0 Å². The van der Waals surface area contributed by atoms with E-state index in [1.54, 1.807) is 18.2 Å². The molecule has 1 saturated carbocycles. The van der Waals surface area contributed by atoms with Crippen molar-refractivity contribution in [3.63, 3.8) is 0 Å². The van der Waals surface area contributed by atoms with E-state index < -0.39 is 0 Å². The van der Waals surface area contributed by atoms with Crippen LogP contribution < -0.4 is 5.32 Å². The summed E-state index contributed by atoms with van der Waals surface area (Å²) in [6.45, 7) is 1.95. The average molecular weight is 302 g/mol. The van der Waals surface area contributed by atoms with Gasteiger partial charge in [-0.15, -0.1) is 0 Å². The summed E-state index contributed by atoms with van der Waals surface area (Å²) in [7, 11) is 0. The van der Waals surface area contributed by atoms with E-state index in [0.29, 0.717) is 11.6 Å². The molecule has 22 heavy (non-hydrogen) atoms. The SMILES string of the molecule is CC(CCc1ccc(F)cc1)NC(=O)c1cc(C2CC2)on1. The first-order chi connectivity index (χ1) is 10.6. The van der Waals surface area contributed by atoms with Gasteiger partial charge in [0.2, 0.25) is 0 Å². The minimum absolute atomic E-state index is 0.0126. The molecule has 1 N–H and O–H groups in total. The van der Waals surface area contributed by atoms with E-state index in [2.05, 4.69) is 10.5 Å². The molecule has 116 valence electrons. The van der Waals surface area contributed by atoms with Crippen LogP contribution in [0.2, 0.25) is 0 Å². The van der Waals surface area contributed by atoms with E-state index >= 15 is 0 Å². The first-order valence-electron chi connectivity index (χ1n) is 7.64. The van der Waals surface area contributed by atoms with Crippen LogP contribution in [0.1, 0.15) is 53.9 Å². The minimum Gasteiger partial charge on any atom is -0.360 e. The first kappa shape index (κ1) is 14.8. The summed E-state index contributed by atoms with van der Waals surface area (Å²) >= 11 is 0. The summed E-state index contributed by atoms with van der Waals surface area (Å²) in [5, 5.41) is 6.74. The first-order valence-corrected chi connectivity index (χ1v) is 7.64. The lowest BCUT2D eigenvalue weighted by atomic mass is 10.1. The number of carbonyl (C=O) groups excluding carboxylic acids is 1. The number of nitrogens with one attached hydrogen (secondary N) is 1. The van der Waals surface area contributed by atoms with Crippen molar-refractivity contribution in [3.8, 4) is 0 Å². The lowest BCUT2D eigenvalue weighted by Crippen LogP contribution is -2.33. The van der Waals surface area contributed by atoms with Crippen LogP contribution in [0.4, 0.5) is 4.39 Å². The van der Waals surface area contributed by atoms with E-state index in [-0.39, 0.29) is 17.8 Å². The van der Waals surface area contributed by atoms with Gasteiger partial charge in [0.15, 0.2) is 5.69 Å². The second-order valence-corrected chi connectivity index (χ2v) is 5.93. The zero-order chi connectivity index (χ0) is 15.5. The molecule has 1 aromatic heterocycles. The van der Waals surface area contributed by atoms with Crippen LogP contribution in [0, 0.1) is 5.82 Å². The second kappa shape index (κ2) is 6.30. The van der Waals surface area contributed by atoms with Gasteiger partial charge in [-0.3, -0.25) is 4.79 Å². The Labute approximate surface area is 128 Å². The number of benzene rings is 1. The zero-order valence-electron chi connectivity index (χ0n) is 12.5. The maximum atomic E-state index is 12.8. The van der Waals surface area contributed by atoms with Gasteiger partial charge in [0.1, 0.15) is 11.6 Å². The topological polar surface area (TPSA) is 55.1 Å². The molecule has 0 spiro atoms. The molecule has 1 unspecified atom stereocenters. The number of hydrogen-bond acceptors (Lipinski definition) is 3. The largest absolute Gasteiger partial charge is 0.360 e. The van der Waals surface area contributed by atoms with Crippen molar-refractivity contribution in [2.24, 2.45) is 0 Å². The van der Waals surface area contributed by atoms with Crippen LogP contribution in [0.15, 0.2) is 34.9 Å². The van der Waals surface area contributed by atoms with E-state index in [0.717, 1.165) is 37.0 Å². The number of carbonyl (C=O) groups is 1. The maximum Gasteiger partial charge on any atom is 0.273 e. The highest BCUT2D eigenvalue weighted by Crippen LogP contribution is 2.40. The quantitative estimate of drug-likeness (QED) is 0.889. The Morgan fingerprint density at radius 2 is 2.14 bits per heavy atom. The molecule has 0 aliphatic heterocycles. The van der Waals surface area contributed by atoms with Crippen molar-refractivity contribution in [3.05, 3.63) is 53.2 Å². The van der Waals surface area contributed by atoms with Crippen molar-refractivity contribution in [1.29, 1.82) is 0 Å². The Morgan fingerprint density at radius 3 is 2.82 bits per heavy atom. The Balaban J connectivity index is 1.48. The van der Waals surface area contributed by atoms with Crippen LogP contribution >= 0.6 is 0 Å². The fraction of sp³-hybridized carbons (Fsp3) is 0.412. The monoisotopic (exact) mass is 302 g/mol. The van der Waals surface area contributed by atoms with E-state index in [9.17, 15) is 9.18 Å². The van der Waals surface area contributed by atoms with Crippen LogP contribution in [-0.4, -0.2) is 17.1 Å². The highest BCUT2D eigenvalue weighted by Gasteiger charge is 2.29. The molecule has 0 radical (unpaired) electrons. The maximum absolute atomic E-state index is 12.8. The molecule has 1 aromatic carbocycles. The van der Waals surface area contributed by atoms with Crippen molar-refractivity contribution in [2.75, 3.05) is 0 Å². The lowest BCUT2D eigenvalue weighted by Gasteiger charge is -2.12. The number of halogens is 1. The Hall–Kier alpha value is -2.17. The summed E-state index contributed by atoms with van der Waals surface area (Å²) in [5.41, 5.74) is 1.40. The van der Waals surface area contributed by atoms with Crippen molar-refractivity contribution < 1.29 is 13.7 Å². The van der Waals surface area contributed by atoms with Crippen LogP contribution in [0.3, 0.4) is 0 Å². The fourth-order valence-corrected chi connectivity index (χ4v) is 2.36. The smallest absolute Gasteiger partial charge is 0.273 e. The van der Waals surface area contributed by atoms with Gasteiger partial charge >= 0.3 is 0 Å². The molecule has 0 bridgehead atoms. The summed E-state index contributed by atoms with van der Waals surface area (Å²) in [4.78, 5) is 12.1. The molecule has 5 heteroatoms. The van der Waals surface area contributed by atoms with Gasteiger partial charge in [0, 0.05) is 18.0 Å². The normalized spacial score (nSPS) is 15.5. The number of aromatic nitrogens is 1. The van der Waals surface area contributed by atoms with Crippen molar-refractivity contribution >= 4 is 5.91 Å². The second-order valence-electron chi connectivity index (χ2n) is 5.93. The molecular weight excluding hydrogens is 283 g/mol. The number of amides is 1. The molecule has 1 heterocycles. The number of hydrogen-bond donors (Lipinski definition) is 1. The molecule has 4 nitrogen and oxygen atoms in total. The van der Waals surface area contributed by atoms with Gasteiger partial charge in [-0.05, 0) is 50.3 Å². The Bertz CT molecular complexity index is 647. The minimum atomic E-state index is -0.234. The third-order valence-electron chi connectivity index (χ3n) is 3.90. The van der Waals surface area contributed by atoms with E-state index in [4.69, 9.17) is 4.52 Å². The molecule has 1 fully saturated rings. The predicted octanol–water partition coefficient (Wildman–Crippen LogP) is 3.44. The third kappa shape index (κ3) is 3.72. The average Bonchev–Trinajstić information content (AvgIpc) is 3.24. The molecule has 1 aliphatic carbocycles. The molecule has 3 rings (SSSR count). The standard InChI is InChI=1S/C17H19FN2O2/c1-11(2-3-12-4-8-14(18)9-5-12)19-17(21)15-10-16(22-20-15)13-6-7-13/h4-5,8-11,13H,2-3,6-7H2,1H3,(H,19,21). The lowest BCUT2D eigenvalue weighted by molar-refractivity contribution is 0.0929. The summed E-state index contributed by atoms with van der Waals surface area (Å²) in [5.74, 6) is 0.818. The molecule has 1 amide bonds. The van der Waals surface area contributed by atoms with E-state index in [1.807, 2.05) is 6.92 Å². The van der Waals surface area contributed by atoms with Gasteiger partial charge in [-0.25, -0.2) is 4.39 Å². The van der Waals surface area contributed by atoms with E-state index in [1.165, 1.54) is 12.1 Å². The highest BCUT2D eigenvalue weighted by molar-refractivity contribution is 5.92. The summed E-state index contributed by atoms with van der Waals surface area (Å²) in [6.07, 6.45) is 3.80. The van der Waals surface area contributed by atoms with Gasteiger partial charge in [0.25, 0.3) is 5.91 Å². The fourth-order valence-electron chi connectivity index (χ4n) is 2.36. The van der Waals surface area contributed by atoms with Crippen molar-refractivity contribution in [1.82, 2.24) is 10.5 Å². The third-order valence-corrected chi connectivity index (χ3v) is 3.90. The van der Waals surface area contributed by atoms with Gasteiger partial charge in [-0.1, -0.05) is 17.3 Å². The molecule has 0 saturated heterocycles. The number of rotatable bonds is 6. The zero-order valence-corrected chi connectivity index (χ0v) is 12.5. The Kier molecular flexibility index (Phi) is 4.22. The Morgan fingerprint density at radius 1 is 1.41 bits per heavy atom. The predicted molar refractivity (Wildman–Crippen MR) is 80.1 cm³/mol. The van der Waals surface area contributed by atoms with Gasteiger partial charge in [-0.2, -0.15) is 0 Å². The van der Waals surface area contributed by atoms with Gasteiger partial charge < -0.3 is 9.84 Å². The summed E-state index contributed by atoms with van der Waals surface area (Å²) in [6, 6.07) is 8.19. The summed E-state index contributed by atoms with van der Waals surface area (Å²) < 4.78 is 18.0. The highest BCUT2D eigenvalue weighted by atomic mass is 19.1. The number of aryl methyl sites for hydroxylation is 1. The van der Waals surface area contributed by atoms with Gasteiger partial charge in [0.05, 0.1) is 0 Å². The molecular formula is C17H19FN2O2. The van der Waals surface area contributed by atoms with Crippen LogP contribution in [-0.2, 0) is 6.42 Å². The molecule has 1 aliphatic rings. The number of nitrogens with zero attached hydrogens (tertiary/aromatic N) is 1. The molecule has 2 aromatic rings. The van der Waals surface area contributed by atoms with Crippen molar-refractivity contribution in [2.45, 2.75) is 44.6 Å². The van der Waals surface area contributed by atoms with Crippen LogP contribution in [0.25, 0.3) is 0 Å².